The second-order valence-electron chi connectivity index (χ2n) is 6.90. The molecule has 3 N–H and O–H groups in total. The minimum Gasteiger partial charge on any atom is -0.386 e. The summed E-state index contributed by atoms with van der Waals surface area (Å²) in [7, 11) is -1.36. The van der Waals surface area contributed by atoms with E-state index in [2.05, 4.69) is 15.6 Å². The third-order valence-electron chi connectivity index (χ3n) is 4.37. The van der Waals surface area contributed by atoms with E-state index in [0.29, 0.717) is 19.0 Å². The van der Waals surface area contributed by atoms with Crippen LogP contribution in [-0.2, 0) is 22.1 Å². The molecule has 1 unspecified atom stereocenters. The number of thiophene rings is 1. The fourth-order valence-corrected chi connectivity index (χ4v) is 4.77. The summed E-state index contributed by atoms with van der Waals surface area (Å²) in [5, 5.41) is 18.0. The van der Waals surface area contributed by atoms with Crippen molar-refractivity contribution in [3.8, 4) is 0 Å². The number of benzene rings is 2. The van der Waals surface area contributed by atoms with E-state index < -0.39 is 15.9 Å². The molecule has 0 fully saturated rings. The summed E-state index contributed by atoms with van der Waals surface area (Å²) in [5.41, 5.74) is 1.78. The minimum atomic E-state index is -3.03. The van der Waals surface area contributed by atoms with Crippen LogP contribution in [0.4, 0.5) is 0 Å². The molecule has 0 aliphatic heterocycles. The van der Waals surface area contributed by atoms with Gasteiger partial charge < -0.3 is 15.7 Å². The standard InChI is InChI=1S/C21H25N3O3S2.HI/c1-22-21(23-12-15-7-9-16(10-8-15)14-29(2,26)27)24-13-18(25)20-11-17-5-3-4-6-19(17)28-20;/h3-11,18,25H,12-14H2,1-2H3,(H2,22,23,24);1H. The van der Waals surface area contributed by atoms with Gasteiger partial charge in [0.15, 0.2) is 15.8 Å². The lowest BCUT2D eigenvalue weighted by Gasteiger charge is -2.15. The van der Waals surface area contributed by atoms with Gasteiger partial charge in [-0.1, -0.05) is 42.5 Å². The predicted molar refractivity (Wildman–Crippen MR) is 135 cm³/mol. The Balaban J connectivity index is 0.00000320. The third kappa shape index (κ3) is 7.22. The summed E-state index contributed by atoms with van der Waals surface area (Å²) >= 11 is 1.59. The first-order valence-corrected chi connectivity index (χ1v) is 12.1. The second kappa shape index (κ2) is 11.1. The lowest BCUT2D eigenvalue weighted by Crippen LogP contribution is -2.38. The Kier molecular flexibility index (Phi) is 9.08. The molecule has 0 radical (unpaired) electrons. The van der Waals surface area contributed by atoms with Crippen LogP contribution in [0.1, 0.15) is 22.1 Å². The third-order valence-corrected chi connectivity index (χ3v) is 6.45. The molecule has 30 heavy (non-hydrogen) atoms. The van der Waals surface area contributed by atoms with Crippen molar-refractivity contribution < 1.29 is 13.5 Å². The van der Waals surface area contributed by atoms with E-state index in [4.69, 9.17) is 0 Å². The smallest absolute Gasteiger partial charge is 0.191 e. The Bertz CT molecular complexity index is 1060. The molecule has 0 aliphatic carbocycles. The lowest BCUT2D eigenvalue weighted by atomic mass is 10.1. The molecular formula is C21H26IN3O3S2. The Labute approximate surface area is 198 Å². The van der Waals surface area contributed by atoms with Crippen molar-refractivity contribution in [2.45, 2.75) is 18.4 Å². The van der Waals surface area contributed by atoms with Crippen LogP contribution in [0, 0.1) is 0 Å². The minimum absolute atomic E-state index is 0. The van der Waals surface area contributed by atoms with Crippen molar-refractivity contribution in [1.29, 1.82) is 0 Å². The van der Waals surface area contributed by atoms with Gasteiger partial charge in [0.05, 0.1) is 5.75 Å². The highest BCUT2D eigenvalue weighted by Crippen LogP contribution is 2.29. The van der Waals surface area contributed by atoms with Crippen LogP contribution in [-0.4, -0.2) is 39.3 Å². The maximum atomic E-state index is 11.4. The average molecular weight is 559 g/mol. The van der Waals surface area contributed by atoms with Crippen LogP contribution in [0.5, 0.6) is 0 Å². The van der Waals surface area contributed by atoms with Crippen LogP contribution in [0.25, 0.3) is 10.1 Å². The number of rotatable bonds is 7. The van der Waals surface area contributed by atoms with Gasteiger partial charge in [0.1, 0.15) is 6.10 Å². The molecule has 0 saturated heterocycles. The Hall–Kier alpha value is -1.69. The van der Waals surface area contributed by atoms with Crippen LogP contribution in [0.3, 0.4) is 0 Å². The number of hydrogen-bond acceptors (Lipinski definition) is 5. The molecule has 3 rings (SSSR count). The molecule has 0 aliphatic rings. The van der Waals surface area contributed by atoms with Crippen LogP contribution in [0.2, 0.25) is 0 Å². The number of halogens is 1. The molecule has 1 atom stereocenters. The molecule has 0 saturated carbocycles. The number of aliphatic imine (C=N–C) groups is 1. The monoisotopic (exact) mass is 559 g/mol. The van der Waals surface area contributed by atoms with Crippen molar-refractivity contribution >= 4 is 61.2 Å². The first-order chi connectivity index (χ1) is 13.8. The summed E-state index contributed by atoms with van der Waals surface area (Å²) in [6, 6.07) is 17.5. The molecule has 2 aromatic carbocycles. The van der Waals surface area contributed by atoms with Crippen molar-refractivity contribution in [3.05, 3.63) is 70.6 Å². The SMILES string of the molecule is CN=C(NCc1ccc(CS(C)(=O)=O)cc1)NCC(O)c1cc2ccccc2s1.I. The summed E-state index contributed by atoms with van der Waals surface area (Å²) in [6.07, 6.45) is 0.604. The average Bonchev–Trinajstić information content (AvgIpc) is 3.12. The predicted octanol–water partition coefficient (Wildman–Crippen LogP) is 3.46. The quantitative estimate of drug-likeness (QED) is 0.235. The molecule has 9 heteroatoms. The highest BCUT2D eigenvalue weighted by atomic mass is 127. The van der Waals surface area contributed by atoms with E-state index in [9.17, 15) is 13.5 Å². The van der Waals surface area contributed by atoms with Crippen molar-refractivity contribution in [1.82, 2.24) is 10.6 Å². The van der Waals surface area contributed by atoms with E-state index >= 15 is 0 Å². The number of hydrogen-bond donors (Lipinski definition) is 3. The lowest BCUT2D eigenvalue weighted by molar-refractivity contribution is 0.184. The largest absolute Gasteiger partial charge is 0.386 e. The van der Waals surface area contributed by atoms with Gasteiger partial charge in [-0.05, 0) is 28.6 Å². The summed E-state index contributed by atoms with van der Waals surface area (Å²) in [6.45, 7) is 0.887. The van der Waals surface area contributed by atoms with Gasteiger partial charge in [0, 0.05) is 36.0 Å². The summed E-state index contributed by atoms with van der Waals surface area (Å²) in [5.74, 6) is 0.630. The van der Waals surface area contributed by atoms with Crippen molar-refractivity contribution in [3.63, 3.8) is 0 Å². The maximum absolute atomic E-state index is 11.4. The Morgan fingerprint density at radius 1 is 1.10 bits per heavy atom. The topological polar surface area (TPSA) is 90.8 Å². The van der Waals surface area contributed by atoms with E-state index in [-0.39, 0.29) is 29.7 Å². The molecule has 6 nitrogen and oxygen atoms in total. The van der Waals surface area contributed by atoms with Crippen LogP contribution >= 0.6 is 35.3 Å². The van der Waals surface area contributed by atoms with Gasteiger partial charge >= 0.3 is 0 Å². The number of aliphatic hydroxyl groups excluding tert-OH is 1. The van der Waals surface area contributed by atoms with E-state index in [1.54, 1.807) is 18.4 Å². The Morgan fingerprint density at radius 3 is 2.40 bits per heavy atom. The van der Waals surface area contributed by atoms with E-state index in [1.807, 2.05) is 54.6 Å². The summed E-state index contributed by atoms with van der Waals surface area (Å²) < 4.78 is 23.9. The second-order valence-corrected chi connectivity index (χ2v) is 10.2. The fraction of sp³-hybridized carbons (Fsp3) is 0.286. The highest BCUT2D eigenvalue weighted by molar-refractivity contribution is 14.0. The van der Waals surface area contributed by atoms with Gasteiger partial charge in [-0.25, -0.2) is 8.42 Å². The summed E-state index contributed by atoms with van der Waals surface area (Å²) in [4.78, 5) is 5.10. The zero-order chi connectivity index (χ0) is 20.9. The van der Waals surface area contributed by atoms with Gasteiger partial charge in [-0.15, -0.1) is 35.3 Å². The van der Waals surface area contributed by atoms with Crippen molar-refractivity contribution in [2.75, 3.05) is 19.8 Å². The Morgan fingerprint density at radius 2 is 1.77 bits per heavy atom. The highest BCUT2D eigenvalue weighted by Gasteiger charge is 2.12. The number of fused-ring (bicyclic) bond motifs is 1. The number of sulfone groups is 1. The van der Waals surface area contributed by atoms with Gasteiger partial charge in [0.25, 0.3) is 0 Å². The molecule has 0 spiro atoms. The van der Waals surface area contributed by atoms with Gasteiger partial charge in [-0.3, -0.25) is 4.99 Å². The molecule has 0 bridgehead atoms. The number of nitrogens with zero attached hydrogens (tertiary/aromatic N) is 1. The maximum Gasteiger partial charge on any atom is 0.191 e. The van der Waals surface area contributed by atoms with Crippen LogP contribution < -0.4 is 10.6 Å². The molecule has 0 amide bonds. The van der Waals surface area contributed by atoms with E-state index in [1.165, 1.54) is 6.26 Å². The number of aliphatic hydroxyl groups is 1. The van der Waals surface area contributed by atoms with Gasteiger partial charge in [0.2, 0.25) is 0 Å². The molecule has 1 heterocycles. The molecule has 1 aromatic heterocycles. The zero-order valence-corrected chi connectivity index (χ0v) is 20.8. The first-order valence-electron chi connectivity index (χ1n) is 9.20. The molecule has 3 aromatic rings. The normalized spacial score (nSPS) is 13.0. The van der Waals surface area contributed by atoms with E-state index in [0.717, 1.165) is 26.1 Å². The number of guanidine groups is 1. The van der Waals surface area contributed by atoms with Gasteiger partial charge in [-0.2, -0.15) is 0 Å². The zero-order valence-electron chi connectivity index (χ0n) is 16.8. The molecule has 162 valence electrons. The fourth-order valence-electron chi connectivity index (χ4n) is 2.92. The first kappa shape index (κ1) is 24.6. The number of nitrogens with one attached hydrogen (secondary N) is 2. The van der Waals surface area contributed by atoms with Crippen LogP contribution in [0.15, 0.2) is 59.6 Å². The van der Waals surface area contributed by atoms with Crippen molar-refractivity contribution in [2.24, 2.45) is 4.99 Å². The molecular weight excluding hydrogens is 533 g/mol.